The van der Waals surface area contributed by atoms with Crippen LogP contribution in [0.15, 0.2) is 42.9 Å². The first kappa shape index (κ1) is 8.75. The van der Waals surface area contributed by atoms with Gasteiger partial charge in [-0.05, 0) is 11.6 Å². The Balaban J connectivity index is 2.15. The number of hydrogen-bond acceptors (Lipinski definition) is 1. The molecule has 2 heteroatoms. The lowest BCUT2D eigenvalue weighted by Crippen LogP contribution is -1.77. The first-order valence-electron chi connectivity index (χ1n) is 4.56. The molecule has 0 unspecified atom stereocenters. The van der Waals surface area contributed by atoms with Crippen LogP contribution in [-0.2, 0) is 7.05 Å². The number of aryl methyl sites for hydroxylation is 1. The van der Waals surface area contributed by atoms with Gasteiger partial charge in [0.05, 0.1) is 12.0 Å². The summed E-state index contributed by atoms with van der Waals surface area (Å²) in [7, 11) is 1.97. The Morgan fingerprint density at radius 3 is 2.57 bits per heavy atom. The minimum atomic E-state index is 0.983. The zero-order valence-corrected chi connectivity index (χ0v) is 8.09. The average Bonchev–Trinajstić information content (AvgIpc) is 2.63. The molecule has 1 heterocycles. The van der Waals surface area contributed by atoms with Gasteiger partial charge in [0.2, 0.25) is 0 Å². The normalized spacial score (nSPS) is 10.9. The summed E-state index contributed by atoms with van der Waals surface area (Å²) in [5.74, 6) is 0. The minimum Gasteiger partial charge on any atom is -0.340 e. The van der Waals surface area contributed by atoms with Gasteiger partial charge in [0.1, 0.15) is 0 Å². The highest BCUT2D eigenvalue weighted by Crippen LogP contribution is 2.05. The molecule has 0 saturated carbocycles. The van der Waals surface area contributed by atoms with Crippen molar-refractivity contribution >= 4 is 12.2 Å². The predicted molar refractivity (Wildman–Crippen MR) is 58.6 cm³/mol. The van der Waals surface area contributed by atoms with Crippen LogP contribution in [0.5, 0.6) is 0 Å². The topological polar surface area (TPSA) is 17.8 Å². The van der Waals surface area contributed by atoms with Gasteiger partial charge < -0.3 is 4.57 Å². The van der Waals surface area contributed by atoms with Gasteiger partial charge in [-0.25, -0.2) is 4.98 Å². The summed E-state index contributed by atoms with van der Waals surface area (Å²) < 4.78 is 1.94. The van der Waals surface area contributed by atoms with Gasteiger partial charge in [0.25, 0.3) is 0 Å². The molecule has 2 nitrogen and oxygen atoms in total. The van der Waals surface area contributed by atoms with Crippen LogP contribution < -0.4 is 0 Å². The van der Waals surface area contributed by atoms with Crippen molar-refractivity contribution in [2.24, 2.45) is 7.05 Å². The molecule has 2 rings (SSSR count). The molecular formula is C12H12N2. The highest BCUT2D eigenvalue weighted by molar-refractivity contribution is 5.67. The first-order chi connectivity index (χ1) is 6.84. The van der Waals surface area contributed by atoms with E-state index in [1.807, 2.05) is 42.1 Å². The molecule has 0 fully saturated rings. The zero-order valence-electron chi connectivity index (χ0n) is 8.09. The van der Waals surface area contributed by atoms with Crippen LogP contribution in [0.2, 0.25) is 0 Å². The molecule has 70 valence electrons. The lowest BCUT2D eigenvalue weighted by molar-refractivity contribution is 0.913. The Bertz CT molecular complexity index is 427. The second-order valence-electron chi connectivity index (χ2n) is 3.21. The average molecular weight is 184 g/mol. The van der Waals surface area contributed by atoms with Crippen LogP contribution in [0.3, 0.4) is 0 Å². The molecule has 0 aliphatic heterocycles. The van der Waals surface area contributed by atoms with Crippen molar-refractivity contribution in [2.75, 3.05) is 0 Å². The maximum absolute atomic E-state index is 4.21. The highest BCUT2D eigenvalue weighted by atomic mass is 15.0. The summed E-state index contributed by atoms with van der Waals surface area (Å²) >= 11 is 0. The van der Waals surface area contributed by atoms with Gasteiger partial charge in [-0.15, -0.1) is 0 Å². The van der Waals surface area contributed by atoms with Crippen molar-refractivity contribution in [2.45, 2.75) is 0 Å². The molecular weight excluding hydrogens is 172 g/mol. The fourth-order valence-corrected chi connectivity index (χ4v) is 1.26. The second-order valence-corrected chi connectivity index (χ2v) is 3.21. The Kier molecular flexibility index (Phi) is 2.45. The molecule has 14 heavy (non-hydrogen) atoms. The molecule has 1 aromatic carbocycles. The van der Waals surface area contributed by atoms with E-state index in [9.17, 15) is 0 Å². The molecule has 1 aromatic heterocycles. The van der Waals surface area contributed by atoms with Gasteiger partial charge in [-0.1, -0.05) is 36.4 Å². The lowest BCUT2D eigenvalue weighted by Gasteiger charge is -1.89. The van der Waals surface area contributed by atoms with Crippen LogP contribution >= 0.6 is 0 Å². The monoisotopic (exact) mass is 184 g/mol. The van der Waals surface area contributed by atoms with E-state index in [0.29, 0.717) is 0 Å². The maximum atomic E-state index is 4.21. The van der Waals surface area contributed by atoms with Crippen LogP contribution in [0.1, 0.15) is 11.3 Å². The smallest absolute Gasteiger partial charge is 0.0950 e. The standard InChI is InChI=1S/C12H12N2/c1-14-9-12(13-10-14)8-7-11-5-3-2-4-6-11/h2-10H,1H3/b8-7-. The largest absolute Gasteiger partial charge is 0.340 e. The van der Waals surface area contributed by atoms with Crippen molar-refractivity contribution < 1.29 is 0 Å². The molecule has 0 aliphatic carbocycles. The van der Waals surface area contributed by atoms with Gasteiger partial charge in [0, 0.05) is 13.2 Å². The summed E-state index contributed by atoms with van der Waals surface area (Å²) in [4.78, 5) is 4.21. The number of benzene rings is 1. The third kappa shape index (κ3) is 2.10. The SMILES string of the molecule is Cn1cnc(/C=C\c2ccccc2)c1. The Labute approximate surface area is 83.5 Å². The van der Waals surface area contributed by atoms with Crippen molar-refractivity contribution in [3.05, 3.63) is 54.1 Å². The maximum Gasteiger partial charge on any atom is 0.0950 e. The Morgan fingerprint density at radius 1 is 1.14 bits per heavy atom. The molecule has 0 spiro atoms. The summed E-state index contributed by atoms with van der Waals surface area (Å²) in [6, 6.07) is 10.2. The molecule has 0 radical (unpaired) electrons. The molecule has 0 atom stereocenters. The van der Waals surface area contributed by atoms with Crippen molar-refractivity contribution in [1.82, 2.24) is 9.55 Å². The molecule has 0 amide bonds. The van der Waals surface area contributed by atoms with Gasteiger partial charge in [0.15, 0.2) is 0 Å². The zero-order chi connectivity index (χ0) is 9.80. The van der Waals surface area contributed by atoms with E-state index in [2.05, 4.69) is 23.2 Å². The number of aromatic nitrogens is 2. The molecule has 0 N–H and O–H groups in total. The fourth-order valence-electron chi connectivity index (χ4n) is 1.26. The van der Waals surface area contributed by atoms with Gasteiger partial charge in [-0.2, -0.15) is 0 Å². The Hall–Kier alpha value is -1.83. The van der Waals surface area contributed by atoms with Crippen molar-refractivity contribution in [1.29, 1.82) is 0 Å². The number of imidazole rings is 1. The third-order valence-electron chi connectivity index (χ3n) is 1.97. The van der Waals surface area contributed by atoms with E-state index < -0.39 is 0 Å². The van der Waals surface area contributed by atoms with Crippen LogP contribution in [0.4, 0.5) is 0 Å². The third-order valence-corrected chi connectivity index (χ3v) is 1.97. The Morgan fingerprint density at radius 2 is 1.93 bits per heavy atom. The molecule has 0 saturated heterocycles. The first-order valence-corrected chi connectivity index (χ1v) is 4.56. The lowest BCUT2D eigenvalue weighted by atomic mass is 10.2. The predicted octanol–water partition coefficient (Wildman–Crippen LogP) is 2.59. The van der Waals surface area contributed by atoms with Crippen LogP contribution in [0.25, 0.3) is 12.2 Å². The summed E-state index contributed by atoms with van der Waals surface area (Å²) in [5.41, 5.74) is 2.18. The summed E-state index contributed by atoms with van der Waals surface area (Å²) in [6.07, 6.45) is 7.85. The van der Waals surface area contributed by atoms with Gasteiger partial charge in [-0.3, -0.25) is 0 Å². The van der Waals surface area contributed by atoms with Gasteiger partial charge >= 0.3 is 0 Å². The summed E-state index contributed by atoms with van der Waals surface area (Å²) in [6.45, 7) is 0. The molecule has 0 bridgehead atoms. The number of hydrogen-bond donors (Lipinski definition) is 0. The number of nitrogens with zero attached hydrogens (tertiary/aromatic N) is 2. The van der Waals surface area contributed by atoms with Crippen LogP contribution in [0, 0.1) is 0 Å². The van der Waals surface area contributed by atoms with E-state index in [1.54, 1.807) is 6.33 Å². The van der Waals surface area contributed by atoms with Crippen molar-refractivity contribution in [3.8, 4) is 0 Å². The van der Waals surface area contributed by atoms with E-state index in [-0.39, 0.29) is 0 Å². The quantitative estimate of drug-likeness (QED) is 0.701. The second kappa shape index (κ2) is 3.92. The van der Waals surface area contributed by atoms with E-state index >= 15 is 0 Å². The van der Waals surface area contributed by atoms with Crippen molar-refractivity contribution in [3.63, 3.8) is 0 Å². The molecule has 0 aliphatic rings. The van der Waals surface area contributed by atoms with Crippen LogP contribution in [-0.4, -0.2) is 9.55 Å². The molecule has 2 aromatic rings. The highest BCUT2D eigenvalue weighted by Gasteiger charge is 1.89. The minimum absolute atomic E-state index is 0.983. The number of rotatable bonds is 2. The fraction of sp³-hybridized carbons (Fsp3) is 0.0833. The summed E-state index contributed by atoms with van der Waals surface area (Å²) in [5, 5.41) is 0. The van der Waals surface area contributed by atoms with E-state index in [4.69, 9.17) is 0 Å². The van der Waals surface area contributed by atoms with E-state index in [1.165, 1.54) is 5.56 Å². The van der Waals surface area contributed by atoms with E-state index in [0.717, 1.165) is 5.69 Å².